The molecule has 0 aliphatic carbocycles. The standard InChI is InChI=1S/C20H23NO3S/c1-21(12-14-6-4-8-17(10-14)25-3)20(22)16-11-15-7-5-9-18(23-2)19(15)24-13-16/h4-10,16H,11-13H2,1-3H3/t16-/m0/s1. The van der Waals surface area contributed by atoms with E-state index in [4.69, 9.17) is 9.47 Å². The first-order valence-electron chi connectivity index (χ1n) is 8.29. The van der Waals surface area contributed by atoms with Crippen LogP contribution < -0.4 is 9.47 Å². The van der Waals surface area contributed by atoms with Crippen LogP contribution in [0, 0.1) is 5.92 Å². The highest BCUT2D eigenvalue weighted by Crippen LogP contribution is 2.36. The lowest BCUT2D eigenvalue weighted by Gasteiger charge is -2.29. The maximum absolute atomic E-state index is 12.8. The molecule has 0 saturated carbocycles. The Bertz CT molecular complexity index is 762. The molecule has 0 fully saturated rings. The van der Waals surface area contributed by atoms with Crippen molar-refractivity contribution in [3.8, 4) is 11.5 Å². The van der Waals surface area contributed by atoms with E-state index in [-0.39, 0.29) is 11.8 Å². The second-order valence-corrected chi connectivity index (χ2v) is 7.09. The number of carbonyl (C=O) groups excluding carboxylic acids is 1. The van der Waals surface area contributed by atoms with Crippen molar-refractivity contribution in [3.05, 3.63) is 53.6 Å². The molecule has 2 aromatic rings. The van der Waals surface area contributed by atoms with Gasteiger partial charge in [0.1, 0.15) is 6.61 Å². The second kappa shape index (κ2) is 7.83. The smallest absolute Gasteiger partial charge is 0.229 e. The highest BCUT2D eigenvalue weighted by molar-refractivity contribution is 7.98. The summed E-state index contributed by atoms with van der Waals surface area (Å²) in [6, 6.07) is 14.1. The molecule has 5 heteroatoms. The van der Waals surface area contributed by atoms with Crippen molar-refractivity contribution in [3.63, 3.8) is 0 Å². The van der Waals surface area contributed by atoms with Crippen molar-refractivity contribution in [2.75, 3.05) is 27.0 Å². The summed E-state index contributed by atoms with van der Waals surface area (Å²) in [7, 11) is 3.49. The number of amides is 1. The molecule has 25 heavy (non-hydrogen) atoms. The Morgan fingerprint density at radius 1 is 1.32 bits per heavy atom. The fourth-order valence-electron chi connectivity index (χ4n) is 3.15. The van der Waals surface area contributed by atoms with E-state index >= 15 is 0 Å². The highest BCUT2D eigenvalue weighted by Gasteiger charge is 2.29. The Hall–Kier alpha value is -2.14. The molecule has 0 aromatic heterocycles. The minimum absolute atomic E-state index is 0.114. The predicted molar refractivity (Wildman–Crippen MR) is 100 cm³/mol. The lowest BCUT2D eigenvalue weighted by atomic mass is 9.95. The minimum atomic E-state index is -0.159. The van der Waals surface area contributed by atoms with E-state index in [1.807, 2.05) is 31.3 Å². The van der Waals surface area contributed by atoms with Crippen LogP contribution in [0.15, 0.2) is 47.4 Å². The quantitative estimate of drug-likeness (QED) is 0.766. The number of carbonyl (C=O) groups is 1. The third kappa shape index (κ3) is 3.93. The lowest BCUT2D eigenvalue weighted by molar-refractivity contribution is -0.136. The van der Waals surface area contributed by atoms with Crippen LogP contribution in [0.1, 0.15) is 11.1 Å². The summed E-state index contributed by atoms with van der Waals surface area (Å²) in [5.74, 6) is 1.45. The molecule has 0 spiro atoms. The van der Waals surface area contributed by atoms with Gasteiger partial charge in [0, 0.05) is 18.5 Å². The summed E-state index contributed by atoms with van der Waals surface area (Å²) < 4.78 is 11.2. The average Bonchev–Trinajstić information content (AvgIpc) is 2.66. The first-order valence-corrected chi connectivity index (χ1v) is 9.51. The predicted octanol–water partition coefficient (Wildman–Crippen LogP) is 3.63. The zero-order valence-corrected chi connectivity index (χ0v) is 15.6. The number of rotatable bonds is 5. The van der Waals surface area contributed by atoms with Crippen molar-refractivity contribution in [1.82, 2.24) is 4.90 Å². The van der Waals surface area contributed by atoms with E-state index in [2.05, 4.69) is 24.5 Å². The molecule has 0 saturated heterocycles. The van der Waals surface area contributed by atoms with Crippen LogP contribution >= 0.6 is 11.8 Å². The molecule has 1 aliphatic heterocycles. The van der Waals surface area contributed by atoms with Gasteiger partial charge in [-0.3, -0.25) is 4.79 Å². The van der Waals surface area contributed by atoms with Gasteiger partial charge in [-0.1, -0.05) is 24.3 Å². The zero-order valence-electron chi connectivity index (χ0n) is 14.8. The molecule has 0 bridgehead atoms. The van der Waals surface area contributed by atoms with Crippen molar-refractivity contribution in [2.45, 2.75) is 17.9 Å². The topological polar surface area (TPSA) is 38.8 Å². The summed E-state index contributed by atoms with van der Waals surface area (Å²) in [5, 5.41) is 0. The van der Waals surface area contributed by atoms with Gasteiger partial charge in [0.25, 0.3) is 0 Å². The van der Waals surface area contributed by atoms with E-state index in [1.54, 1.807) is 23.8 Å². The summed E-state index contributed by atoms with van der Waals surface area (Å²) in [6.45, 7) is 0.996. The first kappa shape index (κ1) is 17.7. The van der Waals surface area contributed by atoms with Gasteiger partial charge in [0.05, 0.1) is 13.0 Å². The van der Waals surface area contributed by atoms with Gasteiger partial charge in [-0.15, -0.1) is 11.8 Å². The third-order valence-electron chi connectivity index (χ3n) is 4.45. The Kier molecular flexibility index (Phi) is 5.53. The monoisotopic (exact) mass is 357 g/mol. The lowest BCUT2D eigenvalue weighted by Crippen LogP contribution is -2.38. The SMILES string of the molecule is COc1cccc2c1OC[C@@H](C(=O)N(C)Cc1cccc(SC)c1)C2. The maximum Gasteiger partial charge on any atom is 0.229 e. The summed E-state index contributed by atoms with van der Waals surface area (Å²) >= 11 is 1.71. The number of hydrogen-bond acceptors (Lipinski definition) is 4. The van der Waals surface area contributed by atoms with Gasteiger partial charge in [0.2, 0.25) is 5.91 Å². The second-order valence-electron chi connectivity index (χ2n) is 6.21. The molecule has 4 nitrogen and oxygen atoms in total. The summed E-state index contributed by atoms with van der Waals surface area (Å²) in [6.07, 6.45) is 2.74. The van der Waals surface area contributed by atoms with Crippen molar-refractivity contribution < 1.29 is 14.3 Å². The Labute approximate surface area is 153 Å². The molecule has 2 aromatic carbocycles. The van der Waals surface area contributed by atoms with Crippen LogP contribution in [0.3, 0.4) is 0 Å². The number of benzene rings is 2. The largest absolute Gasteiger partial charge is 0.493 e. The van der Waals surface area contributed by atoms with E-state index in [0.717, 1.165) is 22.6 Å². The number of thioether (sulfide) groups is 1. The van der Waals surface area contributed by atoms with Gasteiger partial charge in [-0.25, -0.2) is 0 Å². The molecule has 1 heterocycles. The molecule has 132 valence electrons. The van der Waals surface area contributed by atoms with Gasteiger partial charge in [-0.2, -0.15) is 0 Å². The first-order chi connectivity index (χ1) is 12.1. The van der Waals surface area contributed by atoms with E-state index < -0.39 is 0 Å². The molecular formula is C20H23NO3S. The molecular weight excluding hydrogens is 334 g/mol. The van der Waals surface area contributed by atoms with E-state index in [1.165, 1.54) is 4.90 Å². The number of methoxy groups -OCH3 is 1. The number of nitrogens with zero attached hydrogens (tertiary/aromatic N) is 1. The van der Waals surface area contributed by atoms with E-state index in [0.29, 0.717) is 19.6 Å². The van der Waals surface area contributed by atoms with Crippen molar-refractivity contribution >= 4 is 17.7 Å². The van der Waals surface area contributed by atoms with Crippen LogP contribution in [-0.2, 0) is 17.8 Å². The normalized spacial score (nSPS) is 15.9. The van der Waals surface area contributed by atoms with Gasteiger partial charge in [-0.05, 0) is 42.0 Å². The van der Waals surface area contributed by atoms with Crippen LogP contribution in [0.2, 0.25) is 0 Å². The van der Waals surface area contributed by atoms with E-state index in [9.17, 15) is 4.79 Å². The fraction of sp³-hybridized carbons (Fsp3) is 0.350. The van der Waals surface area contributed by atoms with Gasteiger partial charge < -0.3 is 14.4 Å². The van der Waals surface area contributed by atoms with Gasteiger partial charge in [0.15, 0.2) is 11.5 Å². The van der Waals surface area contributed by atoms with Crippen LogP contribution in [0.25, 0.3) is 0 Å². The van der Waals surface area contributed by atoms with Crippen molar-refractivity contribution in [2.24, 2.45) is 5.92 Å². The van der Waals surface area contributed by atoms with Gasteiger partial charge >= 0.3 is 0 Å². The summed E-state index contributed by atoms with van der Waals surface area (Å²) in [5.41, 5.74) is 2.17. The Morgan fingerprint density at radius 3 is 2.88 bits per heavy atom. The van der Waals surface area contributed by atoms with Crippen LogP contribution in [-0.4, -0.2) is 37.8 Å². The maximum atomic E-state index is 12.8. The molecule has 1 atom stereocenters. The molecule has 1 amide bonds. The molecule has 3 rings (SSSR count). The Balaban J connectivity index is 1.68. The molecule has 0 radical (unpaired) electrons. The minimum Gasteiger partial charge on any atom is -0.493 e. The highest BCUT2D eigenvalue weighted by atomic mass is 32.2. The summed E-state index contributed by atoms with van der Waals surface area (Å²) in [4.78, 5) is 15.8. The van der Waals surface area contributed by atoms with Crippen LogP contribution in [0.5, 0.6) is 11.5 Å². The zero-order chi connectivity index (χ0) is 17.8. The number of fused-ring (bicyclic) bond motifs is 1. The Morgan fingerprint density at radius 2 is 2.12 bits per heavy atom. The van der Waals surface area contributed by atoms with Crippen LogP contribution in [0.4, 0.5) is 0 Å². The number of para-hydroxylation sites is 1. The average molecular weight is 357 g/mol. The molecule has 1 aliphatic rings. The third-order valence-corrected chi connectivity index (χ3v) is 5.18. The fourth-order valence-corrected chi connectivity index (χ4v) is 3.63. The number of ether oxygens (including phenoxy) is 2. The number of hydrogen-bond donors (Lipinski definition) is 0. The molecule has 0 unspecified atom stereocenters. The molecule has 0 N–H and O–H groups in total. The van der Waals surface area contributed by atoms with Crippen molar-refractivity contribution in [1.29, 1.82) is 0 Å².